The van der Waals surface area contributed by atoms with E-state index in [1.54, 1.807) is 0 Å². The molecule has 9 nitrogen and oxygen atoms in total. The van der Waals surface area contributed by atoms with Crippen molar-refractivity contribution in [1.82, 2.24) is 0 Å². The van der Waals surface area contributed by atoms with Crippen LogP contribution in [0.3, 0.4) is 0 Å². The average Bonchev–Trinajstić information content (AvgIpc) is 2.11. The highest BCUT2D eigenvalue weighted by atomic mass is 31.2. The van der Waals surface area contributed by atoms with E-state index in [-0.39, 0.29) is 6.29 Å². The number of carbonyl (C=O) groups is 1. The minimum absolute atomic E-state index is 0.0869. The fourth-order valence-electron chi connectivity index (χ4n) is 0.416. The summed E-state index contributed by atoms with van der Waals surface area (Å²) in [5.74, 6) is 0. The summed E-state index contributed by atoms with van der Waals surface area (Å²) in [5.41, 5.74) is 0. The summed E-state index contributed by atoms with van der Waals surface area (Å²) < 4.78 is 8.88. The molecule has 0 aliphatic rings. The van der Waals surface area contributed by atoms with Crippen molar-refractivity contribution in [1.29, 1.82) is 0 Å². The minimum atomic E-state index is -4.64. The van der Waals surface area contributed by atoms with Crippen molar-refractivity contribution in [2.45, 2.75) is 18.3 Å². The number of aldehydes is 1. The maximum atomic E-state index is 9.76. The average molecular weight is 248 g/mol. The molecule has 10 heteroatoms. The topological polar surface area (TPSA) is 176 Å². The Morgan fingerprint density at radius 1 is 1.13 bits per heavy atom. The number of hydrogen-bond acceptors (Lipinski definition) is 6. The third-order valence-corrected chi connectivity index (χ3v) is 1.07. The Morgan fingerprint density at radius 2 is 1.47 bits per heavy atom. The van der Waals surface area contributed by atoms with Gasteiger partial charge in [-0.3, -0.25) is 0 Å². The lowest BCUT2D eigenvalue weighted by Gasteiger charge is -2.16. The van der Waals surface area contributed by atoms with Gasteiger partial charge in [0.25, 0.3) is 0 Å². The maximum Gasteiger partial charge on any atom is 0.466 e. The van der Waals surface area contributed by atoms with E-state index in [0.29, 0.717) is 0 Å². The van der Waals surface area contributed by atoms with Crippen LogP contribution >= 0.6 is 7.82 Å². The van der Waals surface area contributed by atoms with Crippen molar-refractivity contribution in [2.24, 2.45) is 0 Å². The van der Waals surface area contributed by atoms with Gasteiger partial charge >= 0.3 is 7.82 Å². The summed E-state index contributed by atoms with van der Waals surface area (Å²) in [7, 11) is -4.64. The molecule has 7 N–H and O–H groups in total. The molecule has 0 heterocycles. The largest absolute Gasteiger partial charge is 0.466 e. The van der Waals surface area contributed by atoms with Crippen molar-refractivity contribution in [2.75, 3.05) is 6.61 Å². The van der Waals surface area contributed by atoms with Crippen molar-refractivity contribution >= 4 is 14.1 Å². The van der Waals surface area contributed by atoms with E-state index in [1.807, 2.05) is 0 Å². The van der Waals surface area contributed by atoms with Crippen molar-refractivity contribution < 1.29 is 44.5 Å². The fourth-order valence-corrected chi connectivity index (χ4v) is 0.416. The molecule has 0 aliphatic heterocycles. The van der Waals surface area contributed by atoms with Gasteiger partial charge in [0, 0.05) is 0 Å². The molecule has 0 aromatic heterocycles. The van der Waals surface area contributed by atoms with E-state index in [0.717, 1.165) is 0 Å². The van der Waals surface area contributed by atoms with Gasteiger partial charge in [0.05, 0.1) is 6.61 Å². The fraction of sp³-hybridized carbons (Fsp3) is 0.800. The van der Waals surface area contributed by atoms with Crippen molar-refractivity contribution in [3.8, 4) is 0 Å². The minimum Gasteiger partial charge on any atom is -0.394 e. The zero-order valence-electron chi connectivity index (χ0n) is 7.41. The van der Waals surface area contributed by atoms with Gasteiger partial charge in [-0.1, -0.05) is 0 Å². The summed E-state index contributed by atoms with van der Waals surface area (Å²) in [6.45, 7) is -0.688. The van der Waals surface area contributed by atoms with Crippen LogP contribution in [0, 0.1) is 0 Å². The molecule has 3 atom stereocenters. The van der Waals surface area contributed by atoms with Gasteiger partial charge in [0.2, 0.25) is 0 Å². The normalized spacial score (nSPS) is 17.0. The Balaban J connectivity index is 0. The predicted octanol–water partition coefficient (Wildman–Crippen LogP) is -3.67. The Morgan fingerprint density at radius 3 is 1.67 bits per heavy atom. The standard InChI is InChI=1S/C5H10O5.H3O4P/c6-1-3(8)5(10)4(9)2-7;1-5(2,3)4/h1,3-5,7-10H,2H2;(H3,1,2,3,4)/t3-,4+,5+;/m0./s1. The van der Waals surface area contributed by atoms with E-state index < -0.39 is 32.7 Å². The molecular weight excluding hydrogens is 235 g/mol. The first-order valence-electron chi connectivity index (χ1n) is 3.52. The molecule has 0 amide bonds. The molecule has 0 saturated heterocycles. The van der Waals surface area contributed by atoms with Gasteiger partial charge in [-0.15, -0.1) is 0 Å². The molecule has 0 spiro atoms. The second-order valence-corrected chi connectivity index (χ2v) is 3.41. The van der Waals surface area contributed by atoms with Crippen LogP contribution in [0.25, 0.3) is 0 Å². The van der Waals surface area contributed by atoms with Crippen LogP contribution in [-0.4, -0.2) is 66.3 Å². The van der Waals surface area contributed by atoms with Crippen LogP contribution in [0.2, 0.25) is 0 Å². The van der Waals surface area contributed by atoms with Crippen LogP contribution in [0.15, 0.2) is 0 Å². The molecular formula is C5H13O9P. The molecule has 15 heavy (non-hydrogen) atoms. The Bertz CT molecular complexity index is 204. The second-order valence-electron chi connectivity index (χ2n) is 2.38. The predicted molar refractivity (Wildman–Crippen MR) is 45.4 cm³/mol. The lowest BCUT2D eigenvalue weighted by Crippen LogP contribution is -2.40. The first-order valence-corrected chi connectivity index (χ1v) is 5.08. The highest BCUT2D eigenvalue weighted by Gasteiger charge is 2.22. The Kier molecular flexibility index (Phi) is 8.92. The smallest absolute Gasteiger partial charge is 0.394 e. The Labute approximate surface area is 84.5 Å². The molecule has 0 aromatic carbocycles. The molecule has 0 aromatic rings. The van der Waals surface area contributed by atoms with Crippen LogP contribution in [-0.2, 0) is 9.36 Å². The van der Waals surface area contributed by atoms with Crippen LogP contribution in [0.5, 0.6) is 0 Å². The van der Waals surface area contributed by atoms with Gasteiger partial charge in [0.15, 0.2) is 6.29 Å². The SMILES string of the molecule is O=C[C@H](O)[C@@H](O)[C@H](O)CO.O=P(O)(O)O. The first kappa shape index (κ1) is 17.0. The molecule has 0 radical (unpaired) electrons. The monoisotopic (exact) mass is 248 g/mol. The molecule has 0 unspecified atom stereocenters. The molecule has 0 aliphatic carbocycles. The number of rotatable bonds is 4. The van der Waals surface area contributed by atoms with E-state index in [1.165, 1.54) is 0 Å². The highest BCUT2D eigenvalue weighted by Crippen LogP contribution is 2.25. The molecule has 92 valence electrons. The van der Waals surface area contributed by atoms with Gasteiger partial charge < -0.3 is 39.9 Å². The van der Waals surface area contributed by atoms with Crippen molar-refractivity contribution in [3.05, 3.63) is 0 Å². The summed E-state index contributed by atoms with van der Waals surface area (Å²) in [5, 5.41) is 34.1. The van der Waals surface area contributed by atoms with Crippen LogP contribution in [0.4, 0.5) is 0 Å². The van der Waals surface area contributed by atoms with Crippen LogP contribution < -0.4 is 0 Å². The van der Waals surface area contributed by atoms with Gasteiger partial charge in [-0.05, 0) is 0 Å². The van der Waals surface area contributed by atoms with Gasteiger partial charge in [-0.25, -0.2) is 4.57 Å². The zero-order valence-corrected chi connectivity index (χ0v) is 8.31. The lowest BCUT2D eigenvalue weighted by atomic mass is 10.1. The zero-order chi connectivity index (χ0) is 12.6. The first-order chi connectivity index (χ1) is 6.63. The number of aliphatic hydroxyl groups excluding tert-OH is 4. The number of phosphoric acid groups is 1. The van der Waals surface area contributed by atoms with Gasteiger partial charge in [0.1, 0.15) is 18.3 Å². The number of carbonyl (C=O) groups excluding carboxylic acids is 1. The van der Waals surface area contributed by atoms with E-state index in [2.05, 4.69) is 0 Å². The summed E-state index contributed by atoms with van der Waals surface area (Å²) in [4.78, 5) is 31.3. The number of aliphatic hydroxyl groups is 4. The lowest BCUT2D eigenvalue weighted by molar-refractivity contribution is -0.127. The Hall–Kier alpha value is -0.380. The highest BCUT2D eigenvalue weighted by molar-refractivity contribution is 7.45. The molecule has 0 bridgehead atoms. The summed E-state index contributed by atoms with van der Waals surface area (Å²) in [6, 6.07) is 0. The van der Waals surface area contributed by atoms with E-state index >= 15 is 0 Å². The van der Waals surface area contributed by atoms with Gasteiger partial charge in [-0.2, -0.15) is 0 Å². The maximum absolute atomic E-state index is 9.76. The molecule has 0 rings (SSSR count). The quantitative estimate of drug-likeness (QED) is 0.195. The number of hydrogen-bond donors (Lipinski definition) is 7. The summed E-state index contributed by atoms with van der Waals surface area (Å²) in [6.07, 6.45) is -4.63. The molecule has 0 fully saturated rings. The van der Waals surface area contributed by atoms with Crippen LogP contribution in [0.1, 0.15) is 0 Å². The van der Waals surface area contributed by atoms with E-state index in [9.17, 15) is 4.79 Å². The third kappa shape index (κ3) is 13.6. The summed E-state index contributed by atoms with van der Waals surface area (Å²) >= 11 is 0. The van der Waals surface area contributed by atoms with E-state index in [4.69, 9.17) is 39.7 Å². The van der Waals surface area contributed by atoms with Crippen molar-refractivity contribution in [3.63, 3.8) is 0 Å². The third-order valence-electron chi connectivity index (χ3n) is 1.07. The second kappa shape index (κ2) is 7.85. The molecule has 0 saturated carbocycles.